The van der Waals surface area contributed by atoms with Gasteiger partial charge >= 0.3 is 0 Å². The average Bonchev–Trinajstić information content (AvgIpc) is 3.40. The molecule has 2 aromatic rings. The van der Waals surface area contributed by atoms with E-state index in [4.69, 9.17) is 0 Å². The lowest BCUT2D eigenvalue weighted by atomic mass is 9.92. The van der Waals surface area contributed by atoms with E-state index in [1.54, 1.807) is 6.20 Å². The Morgan fingerprint density at radius 2 is 1.89 bits per heavy atom. The lowest BCUT2D eigenvalue weighted by Gasteiger charge is -2.40. The molecule has 1 N–H and O–H groups in total. The zero-order valence-corrected chi connectivity index (χ0v) is 15.7. The second kappa shape index (κ2) is 7.55. The molecule has 142 valence electrons. The molecular weight excluding hydrogens is 340 g/mol. The quantitative estimate of drug-likeness (QED) is 0.908. The van der Waals surface area contributed by atoms with E-state index in [0.717, 1.165) is 5.56 Å². The highest BCUT2D eigenvalue weighted by Gasteiger charge is 2.32. The summed E-state index contributed by atoms with van der Waals surface area (Å²) in [4.78, 5) is 36.3. The van der Waals surface area contributed by atoms with Crippen molar-refractivity contribution in [3.05, 3.63) is 53.6 Å². The number of carbonyl (C=O) groups excluding carboxylic acids is 2. The third kappa shape index (κ3) is 3.48. The maximum absolute atomic E-state index is 13.2. The summed E-state index contributed by atoms with van der Waals surface area (Å²) in [5, 5.41) is 0. The number of amides is 2. The summed E-state index contributed by atoms with van der Waals surface area (Å²) >= 11 is 0. The normalized spacial score (nSPS) is 20.9. The average molecular weight is 366 g/mol. The smallest absolute Gasteiger partial charge is 0.272 e. The SMILES string of the molecule is C[C@H]1CN(C(=O)c2ccccc2C2CCCC2)CCN1C(=O)c1cnc[nH]1. The number of H-pyrrole nitrogens is 1. The monoisotopic (exact) mass is 366 g/mol. The molecule has 1 saturated carbocycles. The van der Waals surface area contributed by atoms with Crippen LogP contribution in [0.3, 0.4) is 0 Å². The minimum Gasteiger partial charge on any atom is -0.341 e. The highest BCUT2D eigenvalue weighted by molar-refractivity contribution is 5.96. The number of hydrogen-bond donors (Lipinski definition) is 1. The van der Waals surface area contributed by atoms with E-state index in [1.165, 1.54) is 37.6 Å². The first kappa shape index (κ1) is 17.8. The number of piperazine rings is 1. The summed E-state index contributed by atoms with van der Waals surface area (Å²) in [7, 11) is 0. The van der Waals surface area contributed by atoms with Crippen molar-refractivity contribution in [3.63, 3.8) is 0 Å². The maximum Gasteiger partial charge on any atom is 0.272 e. The van der Waals surface area contributed by atoms with Crippen molar-refractivity contribution in [3.8, 4) is 0 Å². The Morgan fingerprint density at radius 1 is 1.11 bits per heavy atom. The Balaban J connectivity index is 1.48. The first-order valence-corrected chi connectivity index (χ1v) is 9.82. The van der Waals surface area contributed by atoms with Crippen LogP contribution in [0.1, 0.15) is 64.9 Å². The van der Waals surface area contributed by atoms with Crippen molar-refractivity contribution in [2.75, 3.05) is 19.6 Å². The van der Waals surface area contributed by atoms with E-state index in [-0.39, 0.29) is 17.9 Å². The van der Waals surface area contributed by atoms with E-state index in [2.05, 4.69) is 16.0 Å². The van der Waals surface area contributed by atoms with Crippen molar-refractivity contribution in [2.45, 2.75) is 44.6 Å². The molecule has 1 aromatic heterocycles. The maximum atomic E-state index is 13.2. The van der Waals surface area contributed by atoms with E-state index >= 15 is 0 Å². The molecule has 4 rings (SSSR count). The third-order valence-corrected chi connectivity index (χ3v) is 5.89. The molecule has 1 saturated heterocycles. The minimum atomic E-state index is -0.0570. The molecule has 2 aliphatic rings. The fourth-order valence-corrected chi connectivity index (χ4v) is 4.43. The number of nitrogens with one attached hydrogen (secondary N) is 1. The lowest BCUT2D eigenvalue weighted by molar-refractivity contribution is 0.0410. The molecule has 0 spiro atoms. The van der Waals surface area contributed by atoms with Crippen LogP contribution in [-0.4, -0.2) is 57.3 Å². The summed E-state index contributed by atoms with van der Waals surface area (Å²) in [6, 6.07) is 8.03. The van der Waals surface area contributed by atoms with Crippen LogP contribution < -0.4 is 0 Å². The van der Waals surface area contributed by atoms with Gasteiger partial charge in [0.2, 0.25) is 0 Å². The minimum absolute atomic E-state index is 0.0304. The number of carbonyl (C=O) groups is 2. The van der Waals surface area contributed by atoms with Gasteiger partial charge in [0.25, 0.3) is 11.8 Å². The van der Waals surface area contributed by atoms with Crippen LogP contribution in [0.5, 0.6) is 0 Å². The van der Waals surface area contributed by atoms with Crippen LogP contribution in [0.15, 0.2) is 36.8 Å². The van der Waals surface area contributed by atoms with Gasteiger partial charge in [0.1, 0.15) is 5.69 Å². The second-order valence-electron chi connectivity index (χ2n) is 7.63. The van der Waals surface area contributed by atoms with Crippen LogP contribution >= 0.6 is 0 Å². The van der Waals surface area contributed by atoms with Gasteiger partial charge in [-0.2, -0.15) is 0 Å². The van der Waals surface area contributed by atoms with Gasteiger partial charge in [0.05, 0.1) is 12.5 Å². The molecule has 2 heterocycles. The molecule has 2 amide bonds. The number of nitrogens with zero attached hydrogens (tertiary/aromatic N) is 3. The number of benzene rings is 1. The first-order valence-electron chi connectivity index (χ1n) is 9.82. The summed E-state index contributed by atoms with van der Waals surface area (Å²) in [6.45, 7) is 3.65. The zero-order chi connectivity index (χ0) is 18.8. The Bertz CT molecular complexity index is 811. The largest absolute Gasteiger partial charge is 0.341 e. The molecular formula is C21H26N4O2. The van der Waals surface area contributed by atoms with Gasteiger partial charge in [-0.05, 0) is 37.3 Å². The Morgan fingerprint density at radius 3 is 2.59 bits per heavy atom. The van der Waals surface area contributed by atoms with Gasteiger partial charge in [0, 0.05) is 31.2 Å². The van der Waals surface area contributed by atoms with Crippen LogP contribution in [-0.2, 0) is 0 Å². The fraction of sp³-hybridized carbons (Fsp3) is 0.476. The van der Waals surface area contributed by atoms with Crippen molar-refractivity contribution in [1.29, 1.82) is 0 Å². The van der Waals surface area contributed by atoms with Gasteiger partial charge in [0.15, 0.2) is 0 Å². The number of imidazole rings is 1. The van der Waals surface area contributed by atoms with Gasteiger partial charge in [-0.25, -0.2) is 4.98 Å². The second-order valence-corrected chi connectivity index (χ2v) is 7.63. The molecule has 1 aliphatic carbocycles. The van der Waals surface area contributed by atoms with E-state index in [0.29, 0.717) is 31.2 Å². The molecule has 0 unspecified atom stereocenters. The van der Waals surface area contributed by atoms with E-state index in [1.807, 2.05) is 34.9 Å². The van der Waals surface area contributed by atoms with Crippen molar-refractivity contribution in [1.82, 2.24) is 19.8 Å². The first-order chi connectivity index (χ1) is 13.1. The van der Waals surface area contributed by atoms with E-state index < -0.39 is 0 Å². The molecule has 27 heavy (non-hydrogen) atoms. The topological polar surface area (TPSA) is 69.3 Å². The number of hydrogen-bond acceptors (Lipinski definition) is 3. The Labute approximate surface area is 159 Å². The Kier molecular flexibility index (Phi) is 4.97. The summed E-state index contributed by atoms with van der Waals surface area (Å²) in [5.74, 6) is 0.544. The van der Waals surface area contributed by atoms with Crippen LogP contribution in [0.2, 0.25) is 0 Å². The van der Waals surface area contributed by atoms with Gasteiger partial charge < -0.3 is 14.8 Å². The predicted molar refractivity (Wildman–Crippen MR) is 103 cm³/mol. The molecule has 1 aromatic carbocycles. The molecule has 6 nitrogen and oxygen atoms in total. The van der Waals surface area contributed by atoms with Crippen LogP contribution in [0.25, 0.3) is 0 Å². The van der Waals surface area contributed by atoms with Crippen molar-refractivity contribution < 1.29 is 9.59 Å². The zero-order valence-electron chi connectivity index (χ0n) is 15.7. The highest BCUT2D eigenvalue weighted by atomic mass is 16.2. The fourth-order valence-electron chi connectivity index (χ4n) is 4.43. The van der Waals surface area contributed by atoms with E-state index in [9.17, 15) is 9.59 Å². The molecule has 0 radical (unpaired) electrons. The summed E-state index contributed by atoms with van der Waals surface area (Å²) < 4.78 is 0. The predicted octanol–water partition coefficient (Wildman–Crippen LogP) is 3.05. The standard InChI is InChI=1S/C21H26N4O2/c1-15-13-24(10-11-25(15)21(27)19-12-22-14-23-19)20(26)18-9-5-4-8-17(18)16-6-2-3-7-16/h4-5,8-9,12,14-16H,2-3,6-7,10-11,13H2,1H3,(H,22,23)/t15-/m0/s1. The van der Waals surface area contributed by atoms with Gasteiger partial charge in [-0.3, -0.25) is 9.59 Å². The summed E-state index contributed by atoms with van der Waals surface area (Å²) in [5.41, 5.74) is 2.53. The van der Waals surface area contributed by atoms with Crippen molar-refractivity contribution in [2.24, 2.45) is 0 Å². The Hall–Kier alpha value is -2.63. The van der Waals surface area contributed by atoms with Gasteiger partial charge in [-0.1, -0.05) is 31.0 Å². The van der Waals surface area contributed by atoms with Gasteiger partial charge in [-0.15, -0.1) is 0 Å². The molecule has 1 atom stereocenters. The molecule has 1 aliphatic heterocycles. The lowest BCUT2D eigenvalue weighted by Crippen LogP contribution is -2.55. The number of aromatic amines is 1. The molecule has 6 heteroatoms. The molecule has 0 bridgehead atoms. The van der Waals surface area contributed by atoms with Crippen LogP contribution in [0.4, 0.5) is 0 Å². The number of rotatable bonds is 3. The third-order valence-electron chi connectivity index (χ3n) is 5.89. The summed E-state index contributed by atoms with van der Waals surface area (Å²) in [6.07, 6.45) is 7.90. The highest BCUT2D eigenvalue weighted by Crippen LogP contribution is 2.36. The molecule has 2 fully saturated rings. The van der Waals surface area contributed by atoms with Crippen molar-refractivity contribution >= 4 is 11.8 Å². The van der Waals surface area contributed by atoms with Crippen LogP contribution in [0, 0.1) is 0 Å². The number of aromatic nitrogens is 2.